The van der Waals surface area contributed by atoms with Crippen molar-refractivity contribution in [3.05, 3.63) is 70.0 Å². The minimum Gasteiger partial charge on any atom is -0.496 e. The van der Waals surface area contributed by atoms with Crippen LogP contribution in [0.1, 0.15) is 48.2 Å². The van der Waals surface area contributed by atoms with Gasteiger partial charge in [-0.3, -0.25) is 14.6 Å². The van der Waals surface area contributed by atoms with Crippen molar-refractivity contribution in [3.63, 3.8) is 0 Å². The van der Waals surface area contributed by atoms with Crippen molar-refractivity contribution < 1.29 is 22.7 Å². The van der Waals surface area contributed by atoms with E-state index >= 15 is 0 Å². The second kappa shape index (κ2) is 9.42. The number of amides is 1. The Morgan fingerprint density at radius 1 is 1.28 bits per heavy atom. The van der Waals surface area contributed by atoms with Gasteiger partial charge in [-0.25, -0.2) is 13.2 Å². The largest absolute Gasteiger partial charge is 0.496 e. The summed E-state index contributed by atoms with van der Waals surface area (Å²) in [6.45, 7) is 1.57. The van der Waals surface area contributed by atoms with Gasteiger partial charge in [-0.15, -0.1) is 0 Å². The lowest BCUT2D eigenvalue weighted by molar-refractivity contribution is -0.0831. The van der Waals surface area contributed by atoms with Gasteiger partial charge in [-0.1, -0.05) is 13.0 Å². The van der Waals surface area contributed by atoms with Crippen molar-refractivity contribution in [2.45, 2.75) is 38.0 Å². The Balaban J connectivity index is 0.000000186. The van der Waals surface area contributed by atoms with Gasteiger partial charge in [0.15, 0.2) is 5.43 Å². The van der Waals surface area contributed by atoms with Crippen molar-refractivity contribution in [3.8, 4) is 5.75 Å². The van der Waals surface area contributed by atoms with Crippen molar-refractivity contribution >= 4 is 16.8 Å². The van der Waals surface area contributed by atoms with Gasteiger partial charge in [0.1, 0.15) is 17.3 Å². The standard InChI is InChI=1S/C14H17F3O.C9H7N3O2/c1-9-7-10(5-6-14(9,16)17)12-4-3-11(15)8-13(12)18-2;10-9(14)8-7-5(1-3-12-8)11-4-2-6(7)13/h3-4,8-10H,5-7H2,1-2H3;1-4H,(H2,10,14)(H,11,13). The van der Waals surface area contributed by atoms with E-state index in [0.29, 0.717) is 24.1 Å². The van der Waals surface area contributed by atoms with Gasteiger partial charge in [0, 0.05) is 36.9 Å². The summed E-state index contributed by atoms with van der Waals surface area (Å²) in [4.78, 5) is 29.0. The lowest BCUT2D eigenvalue weighted by Gasteiger charge is -2.34. The molecule has 2 atom stereocenters. The minimum atomic E-state index is -2.58. The normalized spacial score (nSPS) is 19.7. The van der Waals surface area contributed by atoms with Crippen molar-refractivity contribution in [2.75, 3.05) is 7.11 Å². The van der Waals surface area contributed by atoms with Crippen molar-refractivity contribution in [1.29, 1.82) is 0 Å². The Kier molecular flexibility index (Phi) is 6.86. The average Bonchev–Trinajstić information content (AvgIpc) is 2.76. The highest BCUT2D eigenvalue weighted by Crippen LogP contribution is 2.46. The van der Waals surface area contributed by atoms with Crippen molar-refractivity contribution in [1.82, 2.24) is 9.97 Å². The number of carbonyl (C=O) groups is 1. The van der Waals surface area contributed by atoms with Crippen LogP contribution in [0.2, 0.25) is 0 Å². The molecule has 32 heavy (non-hydrogen) atoms. The fourth-order valence-corrected chi connectivity index (χ4v) is 3.94. The number of nitrogens with zero attached hydrogens (tertiary/aromatic N) is 1. The van der Waals surface area contributed by atoms with Crippen molar-refractivity contribution in [2.24, 2.45) is 11.7 Å². The van der Waals surface area contributed by atoms with Crippen LogP contribution < -0.4 is 15.9 Å². The second-order valence-corrected chi connectivity index (χ2v) is 7.81. The monoisotopic (exact) mass is 447 g/mol. The molecule has 3 aromatic rings. The van der Waals surface area contributed by atoms with E-state index in [1.165, 1.54) is 37.7 Å². The molecule has 170 valence electrons. The van der Waals surface area contributed by atoms with E-state index in [2.05, 4.69) is 9.97 Å². The summed E-state index contributed by atoms with van der Waals surface area (Å²) >= 11 is 0. The number of nitrogens with two attached hydrogens (primary N) is 1. The molecule has 1 amide bonds. The molecule has 3 N–H and O–H groups in total. The molecule has 1 saturated carbocycles. The van der Waals surface area contributed by atoms with E-state index in [4.69, 9.17) is 10.5 Å². The molecule has 2 aromatic heterocycles. The summed E-state index contributed by atoms with van der Waals surface area (Å²) in [5.41, 5.74) is 6.23. The smallest absolute Gasteiger partial charge is 0.268 e. The number of alkyl halides is 2. The van der Waals surface area contributed by atoms with Crippen LogP contribution in [0.25, 0.3) is 10.9 Å². The maximum Gasteiger partial charge on any atom is 0.268 e. The first-order valence-electron chi connectivity index (χ1n) is 10.1. The zero-order chi connectivity index (χ0) is 23.5. The Morgan fingerprint density at radius 2 is 2.03 bits per heavy atom. The molecule has 1 aliphatic carbocycles. The number of aromatic amines is 1. The number of halogens is 3. The van der Waals surface area contributed by atoms with E-state index in [1.54, 1.807) is 19.1 Å². The number of H-pyrrole nitrogens is 1. The second-order valence-electron chi connectivity index (χ2n) is 7.81. The fourth-order valence-electron chi connectivity index (χ4n) is 3.94. The van der Waals surface area contributed by atoms with Crippen LogP contribution in [0.15, 0.2) is 47.5 Å². The van der Waals surface area contributed by atoms with Crippen LogP contribution in [0.3, 0.4) is 0 Å². The van der Waals surface area contributed by atoms with E-state index < -0.39 is 17.7 Å². The van der Waals surface area contributed by atoms with Crippen LogP contribution in [-0.4, -0.2) is 28.9 Å². The summed E-state index contributed by atoms with van der Waals surface area (Å²) in [5.74, 6) is -3.82. The zero-order valence-corrected chi connectivity index (χ0v) is 17.7. The maximum atomic E-state index is 13.4. The number of benzene rings is 1. The molecule has 0 radical (unpaired) electrons. The summed E-state index contributed by atoms with van der Waals surface area (Å²) in [6.07, 6.45) is 3.65. The number of rotatable bonds is 3. The number of aromatic nitrogens is 2. The number of carbonyl (C=O) groups excluding carboxylic acids is 1. The number of nitrogens with one attached hydrogen (secondary N) is 1. The Bertz CT molecular complexity index is 1170. The molecule has 1 aliphatic rings. The average molecular weight is 447 g/mol. The third-order valence-electron chi connectivity index (χ3n) is 5.72. The molecule has 4 rings (SSSR count). The number of pyridine rings is 2. The lowest BCUT2D eigenvalue weighted by Crippen LogP contribution is -2.32. The Morgan fingerprint density at radius 3 is 2.69 bits per heavy atom. The van der Waals surface area contributed by atoms with E-state index in [0.717, 1.165) is 5.56 Å². The van der Waals surface area contributed by atoms with Gasteiger partial charge in [0.05, 0.1) is 18.0 Å². The topological polar surface area (TPSA) is 98.1 Å². The fraction of sp³-hybridized carbons (Fsp3) is 0.348. The first kappa shape index (κ1) is 23.3. The quantitative estimate of drug-likeness (QED) is 0.622. The Labute approximate surface area is 182 Å². The van der Waals surface area contributed by atoms with E-state index in [-0.39, 0.29) is 34.7 Å². The van der Waals surface area contributed by atoms with E-state index in [9.17, 15) is 22.8 Å². The molecule has 2 unspecified atom stereocenters. The van der Waals surface area contributed by atoms with Gasteiger partial charge in [0.25, 0.3) is 11.8 Å². The predicted molar refractivity (Wildman–Crippen MR) is 115 cm³/mol. The molecule has 9 heteroatoms. The molecule has 2 heterocycles. The summed E-state index contributed by atoms with van der Waals surface area (Å²) in [5, 5.41) is 0.238. The molecular weight excluding hydrogens is 423 g/mol. The summed E-state index contributed by atoms with van der Waals surface area (Å²) in [7, 11) is 1.47. The maximum absolute atomic E-state index is 13.4. The molecule has 1 fully saturated rings. The number of methoxy groups -OCH3 is 1. The van der Waals surface area contributed by atoms with Crippen LogP contribution in [0.4, 0.5) is 13.2 Å². The number of hydrogen-bond acceptors (Lipinski definition) is 4. The third kappa shape index (κ3) is 4.92. The van der Waals surface area contributed by atoms with Crippen LogP contribution in [0, 0.1) is 11.7 Å². The van der Waals surface area contributed by atoms with E-state index in [1.807, 2.05) is 0 Å². The molecule has 1 aromatic carbocycles. The SMILES string of the molecule is COc1cc(F)ccc1C1CCC(F)(F)C(C)C1.NC(=O)c1nccc2[nH]ccc(=O)c12. The highest BCUT2D eigenvalue weighted by Gasteiger charge is 2.42. The highest BCUT2D eigenvalue weighted by molar-refractivity contribution is 6.03. The Hall–Kier alpha value is -3.36. The van der Waals surface area contributed by atoms with Gasteiger partial charge < -0.3 is 15.5 Å². The van der Waals surface area contributed by atoms with Crippen LogP contribution in [-0.2, 0) is 0 Å². The molecule has 0 spiro atoms. The van der Waals surface area contributed by atoms with Crippen LogP contribution in [0.5, 0.6) is 5.75 Å². The van der Waals surface area contributed by atoms with Crippen LogP contribution >= 0.6 is 0 Å². The minimum absolute atomic E-state index is 0.00403. The molecule has 0 aliphatic heterocycles. The summed E-state index contributed by atoms with van der Waals surface area (Å²) in [6, 6.07) is 7.26. The number of primary amides is 1. The van der Waals surface area contributed by atoms with Gasteiger partial charge in [-0.2, -0.15) is 0 Å². The lowest BCUT2D eigenvalue weighted by atomic mass is 9.76. The summed E-state index contributed by atoms with van der Waals surface area (Å²) < 4.78 is 45.1. The third-order valence-corrected chi connectivity index (χ3v) is 5.72. The van der Waals surface area contributed by atoms with Gasteiger partial charge in [0.2, 0.25) is 0 Å². The highest BCUT2D eigenvalue weighted by atomic mass is 19.3. The number of hydrogen-bond donors (Lipinski definition) is 2. The molecule has 6 nitrogen and oxygen atoms in total. The predicted octanol–water partition coefficient (Wildman–Crippen LogP) is 4.40. The first-order valence-corrected chi connectivity index (χ1v) is 10.1. The van der Waals surface area contributed by atoms with Gasteiger partial charge in [-0.05, 0) is 36.5 Å². The number of ether oxygens (including phenoxy) is 1. The van der Waals surface area contributed by atoms with Gasteiger partial charge >= 0.3 is 0 Å². The molecule has 0 bridgehead atoms. The molecule has 0 saturated heterocycles. The first-order chi connectivity index (χ1) is 15.1. The number of fused-ring (bicyclic) bond motifs is 1. The zero-order valence-electron chi connectivity index (χ0n) is 17.7. The molecular formula is C23H24F3N3O3.